The maximum absolute atomic E-state index is 5.80. The molecule has 0 atom stereocenters. The van der Waals surface area contributed by atoms with Crippen molar-refractivity contribution in [2.24, 2.45) is 0 Å². The molecule has 1 fully saturated rings. The summed E-state index contributed by atoms with van der Waals surface area (Å²) in [6.45, 7) is 4.77. The van der Waals surface area contributed by atoms with Gasteiger partial charge in [0.15, 0.2) is 0 Å². The summed E-state index contributed by atoms with van der Waals surface area (Å²) in [7, 11) is 4.01. The molecule has 5 heteroatoms. The predicted octanol–water partition coefficient (Wildman–Crippen LogP) is 3.33. The van der Waals surface area contributed by atoms with Crippen molar-refractivity contribution in [3.8, 4) is 5.75 Å². The molecule has 2 aromatic rings. The van der Waals surface area contributed by atoms with Gasteiger partial charge in [-0.05, 0) is 37.3 Å². The topological polar surface area (TPSA) is 41.5 Å². The predicted molar refractivity (Wildman–Crippen MR) is 98.2 cm³/mol. The number of benzene rings is 1. The Morgan fingerprint density at radius 1 is 1.17 bits per heavy atom. The number of aromatic nitrogens is 2. The number of ether oxygens (including phenoxy) is 1. The van der Waals surface area contributed by atoms with E-state index in [-0.39, 0.29) is 0 Å². The lowest BCUT2D eigenvalue weighted by Gasteiger charge is -2.33. The zero-order chi connectivity index (χ0) is 16.9. The normalized spacial score (nSPS) is 15.4. The highest BCUT2D eigenvalue weighted by Crippen LogP contribution is 2.35. The Morgan fingerprint density at radius 2 is 1.92 bits per heavy atom. The third-order valence-corrected chi connectivity index (χ3v) is 4.57. The molecule has 0 bridgehead atoms. The first kappa shape index (κ1) is 16.6. The number of para-hydroxylation sites is 1. The number of piperidine rings is 1. The lowest BCUT2D eigenvalue weighted by Crippen LogP contribution is -2.33. The average molecular weight is 326 g/mol. The molecule has 1 aliphatic heterocycles. The Kier molecular flexibility index (Phi) is 5.18. The molecule has 0 aliphatic carbocycles. The molecule has 1 aromatic carbocycles. The molecule has 1 aliphatic rings. The second-order valence-electron chi connectivity index (χ2n) is 6.36. The van der Waals surface area contributed by atoms with Gasteiger partial charge in [0.05, 0.1) is 6.61 Å². The Morgan fingerprint density at radius 3 is 2.62 bits per heavy atom. The summed E-state index contributed by atoms with van der Waals surface area (Å²) in [4.78, 5) is 13.1. The Bertz CT molecular complexity index is 666. The molecule has 5 nitrogen and oxygen atoms in total. The van der Waals surface area contributed by atoms with Crippen molar-refractivity contribution in [3.05, 3.63) is 42.2 Å². The van der Waals surface area contributed by atoms with Gasteiger partial charge in [-0.25, -0.2) is 9.97 Å². The molecule has 0 N–H and O–H groups in total. The molecule has 0 unspecified atom stereocenters. The molecule has 1 aromatic heterocycles. The molecule has 128 valence electrons. The Balaban J connectivity index is 1.69. The monoisotopic (exact) mass is 326 g/mol. The zero-order valence-electron chi connectivity index (χ0n) is 14.8. The molecule has 2 heterocycles. The van der Waals surface area contributed by atoms with Crippen LogP contribution in [0.3, 0.4) is 0 Å². The van der Waals surface area contributed by atoms with E-state index < -0.39 is 0 Å². The van der Waals surface area contributed by atoms with Gasteiger partial charge in [-0.2, -0.15) is 0 Å². The smallest absolute Gasteiger partial charge is 0.134 e. The van der Waals surface area contributed by atoms with E-state index in [9.17, 15) is 0 Å². The minimum Gasteiger partial charge on any atom is -0.494 e. The number of anilines is 2. The first-order valence-corrected chi connectivity index (χ1v) is 8.65. The fourth-order valence-electron chi connectivity index (χ4n) is 3.28. The fraction of sp³-hybridized carbons (Fsp3) is 0.474. The van der Waals surface area contributed by atoms with Crippen molar-refractivity contribution in [1.82, 2.24) is 9.97 Å². The summed E-state index contributed by atoms with van der Waals surface area (Å²) in [6.07, 6.45) is 3.89. The van der Waals surface area contributed by atoms with Gasteiger partial charge in [-0.15, -0.1) is 0 Å². The molecule has 3 rings (SSSR count). The van der Waals surface area contributed by atoms with E-state index in [1.807, 2.05) is 32.0 Å². The molecule has 0 spiro atoms. The van der Waals surface area contributed by atoms with Crippen LogP contribution < -0.4 is 14.5 Å². The molecular weight excluding hydrogens is 300 g/mol. The van der Waals surface area contributed by atoms with Crippen molar-refractivity contribution < 1.29 is 4.74 Å². The van der Waals surface area contributed by atoms with Crippen molar-refractivity contribution in [2.75, 3.05) is 43.6 Å². The Hall–Kier alpha value is -2.30. The van der Waals surface area contributed by atoms with Crippen molar-refractivity contribution >= 4 is 11.6 Å². The van der Waals surface area contributed by atoms with Crippen LogP contribution in [0, 0.1) is 0 Å². The van der Waals surface area contributed by atoms with Crippen molar-refractivity contribution in [2.45, 2.75) is 25.7 Å². The molecule has 0 saturated carbocycles. The van der Waals surface area contributed by atoms with Crippen LogP contribution in [-0.2, 0) is 0 Å². The van der Waals surface area contributed by atoms with Crippen LogP contribution in [0.25, 0.3) is 0 Å². The first-order chi connectivity index (χ1) is 11.7. The second kappa shape index (κ2) is 7.51. The van der Waals surface area contributed by atoms with E-state index in [0.717, 1.165) is 43.3 Å². The van der Waals surface area contributed by atoms with E-state index >= 15 is 0 Å². The summed E-state index contributed by atoms with van der Waals surface area (Å²) in [5.41, 5.74) is 1.34. The minimum absolute atomic E-state index is 0.555. The van der Waals surface area contributed by atoms with Gasteiger partial charge in [0.1, 0.15) is 23.7 Å². The van der Waals surface area contributed by atoms with Crippen LogP contribution in [0.4, 0.5) is 11.6 Å². The third-order valence-electron chi connectivity index (χ3n) is 4.57. The number of nitrogens with zero attached hydrogens (tertiary/aromatic N) is 4. The molecule has 0 amide bonds. The lowest BCUT2D eigenvalue weighted by atomic mass is 9.89. The largest absolute Gasteiger partial charge is 0.494 e. The van der Waals surface area contributed by atoms with Crippen molar-refractivity contribution in [3.63, 3.8) is 0 Å². The molecule has 24 heavy (non-hydrogen) atoms. The van der Waals surface area contributed by atoms with Gasteiger partial charge in [-0.3, -0.25) is 0 Å². The van der Waals surface area contributed by atoms with E-state index in [1.165, 1.54) is 5.56 Å². The molecule has 1 saturated heterocycles. The van der Waals surface area contributed by atoms with E-state index in [0.29, 0.717) is 12.5 Å². The van der Waals surface area contributed by atoms with Crippen LogP contribution in [0.15, 0.2) is 36.7 Å². The van der Waals surface area contributed by atoms with Crippen LogP contribution in [0.5, 0.6) is 5.75 Å². The quantitative estimate of drug-likeness (QED) is 0.843. The summed E-state index contributed by atoms with van der Waals surface area (Å²) >= 11 is 0. The zero-order valence-corrected chi connectivity index (χ0v) is 14.8. The summed E-state index contributed by atoms with van der Waals surface area (Å²) in [6, 6.07) is 10.5. The second-order valence-corrected chi connectivity index (χ2v) is 6.36. The summed E-state index contributed by atoms with van der Waals surface area (Å²) in [5.74, 6) is 3.56. The molecule has 0 radical (unpaired) electrons. The van der Waals surface area contributed by atoms with Crippen LogP contribution >= 0.6 is 0 Å². The highest BCUT2D eigenvalue weighted by Gasteiger charge is 2.24. The maximum atomic E-state index is 5.80. The van der Waals surface area contributed by atoms with Crippen molar-refractivity contribution in [1.29, 1.82) is 0 Å². The van der Waals surface area contributed by atoms with E-state index in [1.54, 1.807) is 6.33 Å². The standard InChI is InChI=1S/C19H26N4O/c1-4-24-17-8-6-5-7-16(17)15-9-11-23(12-10-15)19-13-18(22(2)3)20-14-21-19/h5-8,13-15H,4,9-12H2,1-3H3. The van der Waals surface area contributed by atoms with Crippen LogP contribution in [0.2, 0.25) is 0 Å². The van der Waals surface area contributed by atoms with Gasteiger partial charge in [0.25, 0.3) is 0 Å². The number of hydrogen-bond donors (Lipinski definition) is 0. The fourth-order valence-corrected chi connectivity index (χ4v) is 3.28. The number of rotatable bonds is 5. The van der Waals surface area contributed by atoms with Gasteiger partial charge in [-0.1, -0.05) is 18.2 Å². The lowest BCUT2D eigenvalue weighted by molar-refractivity contribution is 0.331. The molecular formula is C19H26N4O. The summed E-state index contributed by atoms with van der Waals surface area (Å²) < 4.78 is 5.80. The van der Waals surface area contributed by atoms with Crippen LogP contribution in [-0.4, -0.2) is 43.8 Å². The van der Waals surface area contributed by atoms with Gasteiger partial charge in [0.2, 0.25) is 0 Å². The average Bonchev–Trinajstić information content (AvgIpc) is 2.63. The Labute approximate surface area is 144 Å². The SMILES string of the molecule is CCOc1ccccc1C1CCN(c2cc(N(C)C)ncn2)CC1. The summed E-state index contributed by atoms with van der Waals surface area (Å²) in [5, 5.41) is 0. The highest BCUT2D eigenvalue weighted by molar-refractivity contribution is 5.50. The van der Waals surface area contributed by atoms with E-state index in [2.05, 4.69) is 39.1 Å². The van der Waals surface area contributed by atoms with Gasteiger partial charge in [0, 0.05) is 33.3 Å². The van der Waals surface area contributed by atoms with Gasteiger partial charge >= 0.3 is 0 Å². The highest BCUT2D eigenvalue weighted by atomic mass is 16.5. The van der Waals surface area contributed by atoms with Gasteiger partial charge < -0.3 is 14.5 Å². The van der Waals surface area contributed by atoms with E-state index in [4.69, 9.17) is 4.74 Å². The minimum atomic E-state index is 0.555. The maximum Gasteiger partial charge on any atom is 0.134 e. The number of hydrogen-bond acceptors (Lipinski definition) is 5. The van der Waals surface area contributed by atoms with Crippen LogP contribution in [0.1, 0.15) is 31.2 Å². The third kappa shape index (κ3) is 3.61. The first-order valence-electron chi connectivity index (χ1n) is 8.65.